The predicted octanol–water partition coefficient (Wildman–Crippen LogP) is 3.51. The molecule has 144 valence electrons. The Kier molecular flexibility index (Phi) is 9.04. The summed E-state index contributed by atoms with van der Waals surface area (Å²) in [5, 5.41) is 8.02. The first kappa shape index (κ1) is 22.4. The maximum Gasteiger partial charge on any atom is 0.193 e. The van der Waals surface area contributed by atoms with Crippen LogP contribution in [0.15, 0.2) is 29.3 Å². The average Bonchev–Trinajstić information content (AvgIpc) is 2.90. The van der Waals surface area contributed by atoms with Crippen LogP contribution in [0.3, 0.4) is 0 Å². The molecule has 0 saturated heterocycles. The van der Waals surface area contributed by atoms with Crippen molar-refractivity contribution in [1.82, 2.24) is 20.0 Å². The molecule has 7 heteroatoms. The molecule has 0 amide bonds. The predicted molar refractivity (Wildman–Crippen MR) is 115 cm³/mol. The molecule has 26 heavy (non-hydrogen) atoms. The van der Waals surface area contributed by atoms with E-state index >= 15 is 0 Å². The highest BCUT2D eigenvalue weighted by molar-refractivity contribution is 14.0. The second-order valence-corrected chi connectivity index (χ2v) is 6.09. The van der Waals surface area contributed by atoms with E-state index in [1.54, 1.807) is 19.2 Å². The zero-order valence-electron chi connectivity index (χ0n) is 16.2. The molecule has 1 aromatic carbocycles. The van der Waals surface area contributed by atoms with Crippen molar-refractivity contribution in [1.29, 1.82) is 0 Å². The van der Waals surface area contributed by atoms with Gasteiger partial charge >= 0.3 is 0 Å². The van der Waals surface area contributed by atoms with Crippen LogP contribution in [-0.2, 0) is 33.0 Å². The summed E-state index contributed by atoms with van der Waals surface area (Å²) in [6.45, 7) is 5.53. The number of hydrogen-bond donors (Lipinski definition) is 1. The first-order chi connectivity index (χ1) is 12.0. The highest BCUT2D eigenvalue weighted by Crippen LogP contribution is 2.15. The molecule has 1 N–H and O–H groups in total. The van der Waals surface area contributed by atoms with Gasteiger partial charge in [-0.3, -0.25) is 9.67 Å². The van der Waals surface area contributed by atoms with Gasteiger partial charge in [-0.1, -0.05) is 26.0 Å². The summed E-state index contributed by atoms with van der Waals surface area (Å²) >= 11 is 0. The number of nitrogens with one attached hydrogen (secondary N) is 1. The molecule has 0 bridgehead atoms. The van der Waals surface area contributed by atoms with Gasteiger partial charge in [0.25, 0.3) is 0 Å². The third-order valence-electron chi connectivity index (χ3n) is 4.33. The van der Waals surface area contributed by atoms with Crippen LogP contribution in [0.2, 0.25) is 0 Å². The Hall–Kier alpha value is -1.64. The average molecular weight is 473 g/mol. The second-order valence-electron chi connectivity index (χ2n) is 6.09. The molecule has 5 nitrogen and oxygen atoms in total. The maximum absolute atomic E-state index is 13.4. The van der Waals surface area contributed by atoms with Gasteiger partial charge in [0.1, 0.15) is 5.82 Å². The number of guanidine groups is 1. The molecular formula is C19H29FIN5. The highest BCUT2D eigenvalue weighted by Gasteiger charge is 2.15. The first-order valence-electron chi connectivity index (χ1n) is 8.69. The standard InChI is InChI=1S/C19H28FN5.HI/c1-6-17-16(18(7-2)25(5)23-17)12-22-19(21-3)24(4)13-14-9-8-10-15(20)11-14;/h8-11H,6-7,12-13H2,1-5H3,(H,21,22);1H. The van der Waals surface area contributed by atoms with E-state index in [0.717, 1.165) is 30.1 Å². The number of halogens is 2. The van der Waals surface area contributed by atoms with Gasteiger partial charge in [0.05, 0.1) is 5.69 Å². The summed E-state index contributed by atoms with van der Waals surface area (Å²) in [7, 11) is 5.70. The molecule has 2 rings (SSSR count). The van der Waals surface area contributed by atoms with Crippen LogP contribution in [0.5, 0.6) is 0 Å². The quantitative estimate of drug-likeness (QED) is 0.397. The molecule has 0 aliphatic carbocycles. The maximum atomic E-state index is 13.4. The van der Waals surface area contributed by atoms with Gasteiger partial charge in [0.15, 0.2) is 5.96 Å². The van der Waals surface area contributed by atoms with Gasteiger partial charge in [0, 0.05) is 45.5 Å². The summed E-state index contributed by atoms with van der Waals surface area (Å²) in [5.41, 5.74) is 4.52. The highest BCUT2D eigenvalue weighted by atomic mass is 127. The number of aromatic nitrogens is 2. The van der Waals surface area contributed by atoms with Crippen molar-refractivity contribution >= 4 is 29.9 Å². The lowest BCUT2D eigenvalue weighted by molar-refractivity contribution is 0.474. The van der Waals surface area contributed by atoms with E-state index in [1.165, 1.54) is 17.3 Å². The Bertz CT molecular complexity index is 742. The first-order valence-corrected chi connectivity index (χ1v) is 8.69. The number of benzene rings is 1. The largest absolute Gasteiger partial charge is 0.352 e. The lowest BCUT2D eigenvalue weighted by Gasteiger charge is -2.22. The topological polar surface area (TPSA) is 45.5 Å². The van der Waals surface area contributed by atoms with Crippen molar-refractivity contribution in [3.05, 3.63) is 52.6 Å². The second kappa shape index (κ2) is 10.5. The van der Waals surface area contributed by atoms with Crippen LogP contribution in [-0.4, -0.2) is 34.7 Å². The zero-order valence-corrected chi connectivity index (χ0v) is 18.5. The molecule has 2 aromatic rings. The molecule has 0 radical (unpaired) electrons. The smallest absolute Gasteiger partial charge is 0.193 e. The van der Waals surface area contributed by atoms with Gasteiger partial charge in [-0.2, -0.15) is 5.10 Å². The molecule has 0 aliphatic heterocycles. The van der Waals surface area contributed by atoms with Crippen LogP contribution >= 0.6 is 24.0 Å². The third-order valence-corrected chi connectivity index (χ3v) is 4.33. The minimum Gasteiger partial charge on any atom is -0.352 e. The normalized spacial score (nSPS) is 11.2. The van der Waals surface area contributed by atoms with Crippen LogP contribution < -0.4 is 5.32 Å². The Morgan fingerprint density at radius 2 is 2.04 bits per heavy atom. The Morgan fingerprint density at radius 3 is 2.62 bits per heavy atom. The van der Waals surface area contributed by atoms with Gasteiger partial charge in [0.2, 0.25) is 0 Å². The van der Waals surface area contributed by atoms with Crippen molar-refractivity contribution in [2.75, 3.05) is 14.1 Å². The van der Waals surface area contributed by atoms with Crippen LogP contribution in [0.1, 0.15) is 36.4 Å². The molecule has 0 saturated carbocycles. The van der Waals surface area contributed by atoms with E-state index in [1.807, 2.05) is 29.7 Å². The fourth-order valence-corrected chi connectivity index (χ4v) is 3.13. The molecule has 1 heterocycles. The zero-order chi connectivity index (χ0) is 18.4. The van der Waals surface area contributed by atoms with E-state index in [0.29, 0.717) is 13.1 Å². The lowest BCUT2D eigenvalue weighted by Crippen LogP contribution is -2.38. The van der Waals surface area contributed by atoms with E-state index in [2.05, 4.69) is 29.3 Å². The minimum atomic E-state index is -0.218. The van der Waals surface area contributed by atoms with Crippen LogP contribution in [0, 0.1) is 5.82 Å². The van der Waals surface area contributed by atoms with Crippen molar-refractivity contribution in [2.24, 2.45) is 12.0 Å². The monoisotopic (exact) mass is 473 g/mol. The minimum absolute atomic E-state index is 0. The van der Waals surface area contributed by atoms with E-state index in [9.17, 15) is 4.39 Å². The van der Waals surface area contributed by atoms with Gasteiger partial charge in [-0.25, -0.2) is 4.39 Å². The molecule has 0 spiro atoms. The van der Waals surface area contributed by atoms with Gasteiger partial charge in [-0.05, 0) is 30.5 Å². The molecule has 0 fully saturated rings. The van der Waals surface area contributed by atoms with Crippen molar-refractivity contribution in [2.45, 2.75) is 39.8 Å². The Morgan fingerprint density at radius 1 is 1.31 bits per heavy atom. The van der Waals surface area contributed by atoms with Crippen molar-refractivity contribution in [3.63, 3.8) is 0 Å². The molecule has 0 aliphatic rings. The Balaban J connectivity index is 0.00000338. The molecule has 0 unspecified atom stereocenters. The molecular weight excluding hydrogens is 444 g/mol. The van der Waals surface area contributed by atoms with Gasteiger partial charge < -0.3 is 10.2 Å². The number of aliphatic imine (C=N–C) groups is 1. The number of rotatable bonds is 6. The fourth-order valence-electron chi connectivity index (χ4n) is 3.13. The van der Waals surface area contributed by atoms with Crippen LogP contribution in [0.4, 0.5) is 4.39 Å². The Labute approximate surface area is 172 Å². The lowest BCUT2D eigenvalue weighted by atomic mass is 10.1. The SMILES string of the molecule is CCc1nn(C)c(CC)c1CNC(=NC)N(C)Cc1cccc(F)c1.I. The summed E-state index contributed by atoms with van der Waals surface area (Å²) in [4.78, 5) is 6.34. The summed E-state index contributed by atoms with van der Waals surface area (Å²) in [5.74, 6) is 0.557. The van der Waals surface area contributed by atoms with Crippen LogP contribution in [0.25, 0.3) is 0 Å². The summed E-state index contributed by atoms with van der Waals surface area (Å²) in [6.07, 6.45) is 1.85. The number of hydrogen-bond acceptors (Lipinski definition) is 2. The van der Waals surface area contributed by atoms with E-state index in [4.69, 9.17) is 0 Å². The van der Waals surface area contributed by atoms with Crippen molar-refractivity contribution < 1.29 is 4.39 Å². The third kappa shape index (κ3) is 5.43. The summed E-state index contributed by atoms with van der Waals surface area (Å²) in [6, 6.07) is 6.65. The number of nitrogens with zero attached hydrogens (tertiary/aromatic N) is 4. The molecule has 1 aromatic heterocycles. The van der Waals surface area contributed by atoms with Gasteiger partial charge in [-0.15, -0.1) is 24.0 Å². The van der Waals surface area contributed by atoms with E-state index < -0.39 is 0 Å². The van der Waals surface area contributed by atoms with E-state index in [-0.39, 0.29) is 29.8 Å². The molecule has 0 atom stereocenters. The summed E-state index contributed by atoms with van der Waals surface area (Å²) < 4.78 is 15.3. The number of aryl methyl sites for hydroxylation is 2. The van der Waals surface area contributed by atoms with Crippen molar-refractivity contribution in [3.8, 4) is 0 Å². The fraction of sp³-hybridized carbons (Fsp3) is 0.474.